The van der Waals surface area contributed by atoms with Gasteiger partial charge in [0.05, 0.1) is 13.2 Å². The molecule has 4 heteroatoms. The molecule has 0 aromatic rings. The van der Waals surface area contributed by atoms with E-state index in [0.29, 0.717) is 6.61 Å². The molecule has 92 valence electrons. The van der Waals surface area contributed by atoms with Crippen LogP contribution in [-0.4, -0.2) is 41.9 Å². The number of unbranched alkanes of at least 4 members (excludes halogenated alkanes) is 5. The molecule has 0 saturated heterocycles. The first-order chi connectivity index (χ1) is 7.31. The van der Waals surface area contributed by atoms with Gasteiger partial charge in [0.15, 0.2) is 0 Å². The minimum Gasteiger partial charge on any atom is -0.394 e. The highest BCUT2D eigenvalue weighted by Gasteiger charge is 2.00. The highest BCUT2D eigenvalue weighted by Crippen LogP contribution is 2.05. The van der Waals surface area contributed by atoms with Gasteiger partial charge in [-0.1, -0.05) is 25.7 Å². The Morgan fingerprint density at radius 3 is 2.20 bits per heavy atom. The van der Waals surface area contributed by atoms with Crippen molar-refractivity contribution in [2.24, 2.45) is 0 Å². The molecule has 0 aromatic heterocycles. The molecule has 0 aliphatic carbocycles. The molecule has 0 rings (SSSR count). The third kappa shape index (κ3) is 12.2. The first-order valence-corrected chi connectivity index (χ1v) is 6.42. The van der Waals surface area contributed by atoms with E-state index in [4.69, 9.17) is 14.9 Å². The monoisotopic (exact) mass is 236 g/mol. The van der Waals surface area contributed by atoms with Crippen LogP contribution < -0.4 is 0 Å². The van der Waals surface area contributed by atoms with Crippen molar-refractivity contribution < 1.29 is 14.9 Å². The van der Waals surface area contributed by atoms with Crippen LogP contribution in [0.15, 0.2) is 0 Å². The minimum atomic E-state index is -0.722. The van der Waals surface area contributed by atoms with Crippen molar-refractivity contribution in [1.82, 2.24) is 0 Å². The fourth-order valence-corrected chi connectivity index (χ4v) is 1.52. The van der Waals surface area contributed by atoms with Crippen LogP contribution in [0.5, 0.6) is 0 Å². The number of aliphatic hydroxyl groups excluding tert-OH is 2. The molecule has 1 unspecified atom stereocenters. The highest BCUT2D eigenvalue weighted by atomic mass is 32.1. The van der Waals surface area contributed by atoms with Gasteiger partial charge in [-0.3, -0.25) is 0 Å². The molecule has 2 N–H and O–H groups in total. The summed E-state index contributed by atoms with van der Waals surface area (Å²) in [4.78, 5) is 0. The van der Waals surface area contributed by atoms with E-state index in [-0.39, 0.29) is 13.2 Å². The fraction of sp³-hybridized carbons (Fsp3) is 1.00. The maximum atomic E-state index is 8.98. The van der Waals surface area contributed by atoms with Crippen molar-refractivity contribution in [2.45, 2.75) is 44.6 Å². The Morgan fingerprint density at radius 1 is 1.00 bits per heavy atom. The van der Waals surface area contributed by atoms with Crippen molar-refractivity contribution in [1.29, 1.82) is 0 Å². The molecule has 0 heterocycles. The molecule has 0 amide bonds. The number of hydrogen-bond acceptors (Lipinski definition) is 4. The molecule has 0 aromatic carbocycles. The summed E-state index contributed by atoms with van der Waals surface area (Å²) in [5.41, 5.74) is 0. The number of hydrogen-bond donors (Lipinski definition) is 3. The summed E-state index contributed by atoms with van der Waals surface area (Å²) in [6, 6.07) is 0. The van der Waals surface area contributed by atoms with Gasteiger partial charge in [0.25, 0.3) is 0 Å². The van der Waals surface area contributed by atoms with Crippen LogP contribution in [0, 0.1) is 0 Å². The topological polar surface area (TPSA) is 49.7 Å². The lowest BCUT2D eigenvalue weighted by molar-refractivity contribution is 0.00526. The Kier molecular flexibility index (Phi) is 12.5. The number of thiol groups is 1. The Morgan fingerprint density at radius 2 is 1.60 bits per heavy atom. The third-order valence-corrected chi connectivity index (χ3v) is 2.53. The van der Waals surface area contributed by atoms with Crippen molar-refractivity contribution in [2.75, 3.05) is 25.6 Å². The Bertz CT molecular complexity index is 122. The summed E-state index contributed by atoms with van der Waals surface area (Å²) in [6.07, 6.45) is 6.51. The van der Waals surface area contributed by atoms with E-state index < -0.39 is 6.10 Å². The number of ether oxygens (including phenoxy) is 1. The van der Waals surface area contributed by atoms with Crippen LogP contribution in [0.1, 0.15) is 38.5 Å². The van der Waals surface area contributed by atoms with Gasteiger partial charge in [-0.2, -0.15) is 12.6 Å². The van der Waals surface area contributed by atoms with Crippen LogP contribution >= 0.6 is 12.6 Å². The van der Waals surface area contributed by atoms with Gasteiger partial charge in [-0.15, -0.1) is 0 Å². The summed E-state index contributed by atoms with van der Waals surface area (Å²) in [5.74, 6) is 0.988. The second-order valence-corrected chi connectivity index (χ2v) is 4.20. The fourth-order valence-electron chi connectivity index (χ4n) is 1.30. The van der Waals surface area contributed by atoms with E-state index in [9.17, 15) is 0 Å². The zero-order valence-electron chi connectivity index (χ0n) is 9.40. The molecule has 0 aliphatic rings. The average Bonchev–Trinajstić information content (AvgIpc) is 2.26. The van der Waals surface area contributed by atoms with E-state index >= 15 is 0 Å². The summed E-state index contributed by atoms with van der Waals surface area (Å²) in [6.45, 7) is 0.712. The average molecular weight is 236 g/mol. The smallest absolute Gasteiger partial charge is 0.100 e. The third-order valence-electron chi connectivity index (χ3n) is 2.22. The summed E-state index contributed by atoms with van der Waals surface area (Å²) >= 11 is 4.16. The number of rotatable bonds is 11. The molecule has 3 nitrogen and oxygen atoms in total. The van der Waals surface area contributed by atoms with Crippen molar-refractivity contribution >= 4 is 12.6 Å². The van der Waals surface area contributed by atoms with E-state index in [0.717, 1.165) is 12.2 Å². The van der Waals surface area contributed by atoms with Crippen molar-refractivity contribution in [3.05, 3.63) is 0 Å². The van der Waals surface area contributed by atoms with Crippen LogP contribution in [-0.2, 0) is 4.74 Å². The van der Waals surface area contributed by atoms with E-state index in [1.54, 1.807) is 0 Å². The summed E-state index contributed by atoms with van der Waals surface area (Å²) in [5, 5.41) is 17.5. The summed E-state index contributed by atoms with van der Waals surface area (Å²) < 4.78 is 5.19. The van der Waals surface area contributed by atoms with Gasteiger partial charge in [-0.25, -0.2) is 0 Å². The molecule has 0 spiro atoms. The van der Waals surface area contributed by atoms with E-state index in [1.807, 2.05) is 0 Å². The van der Waals surface area contributed by atoms with Crippen molar-refractivity contribution in [3.63, 3.8) is 0 Å². The van der Waals surface area contributed by atoms with Crippen LogP contribution in [0.2, 0.25) is 0 Å². The first-order valence-electron chi connectivity index (χ1n) is 5.78. The normalized spacial score (nSPS) is 13.0. The molecular formula is C11H24O3S. The molecule has 0 radical (unpaired) electrons. The SMILES string of the molecule is OCC(O)COCCCCCCCCS. The lowest BCUT2D eigenvalue weighted by atomic mass is 10.1. The van der Waals surface area contributed by atoms with Gasteiger partial charge in [0.1, 0.15) is 6.10 Å². The lowest BCUT2D eigenvalue weighted by Gasteiger charge is -2.07. The van der Waals surface area contributed by atoms with Gasteiger partial charge >= 0.3 is 0 Å². The van der Waals surface area contributed by atoms with Crippen LogP contribution in [0.3, 0.4) is 0 Å². The largest absolute Gasteiger partial charge is 0.394 e. The maximum Gasteiger partial charge on any atom is 0.100 e. The zero-order chi connectivity index (χ0) is 11.4. The molecule has 15 heavy (non-hydrogen) atoms. The standard InChI is InChI=1S/C11H24O3S/c12-9-11(13)10-14-7-5-3-1-2-4-6-8-15/h11-13,15H,1-10H2. The second-order valence-electron chi connectivity index (χ2n) is 3.76. The lowest BCUT2D eigenvalue weighted by Crippen LogP contribution is -2.19. The van der Waals surface area contributed by atoms with Crippen molar-refractivity contribution in [3.8, 4) is 0 Å². The van der Waals surface area contributed by atoms with Crippen LogP contribution in [0.25, 0.3) is 0 Å². The molecule has 1 atom stereocenters. The van der Waals surface area contributed by atoms with E-state index in [1.165, 1.54) is 32.1 Å². The first kappa shape index (κ1) is 15.2. The quantitative estimate of drug-likeness (QED) is 0.377. The number of aliphatic hydroxyl groups is 2. The molecule has 0 aliphatic heterocycles. The zero-order valence-corrected chi connectivity index (χ0v) is 10.3. The minimum absolute atomic E-state index is 0.219. The summed E-state index contributed by atoms with van der Waals surface area (Å²) in [7, 11) is 0. The second kappa shape index (κ2) is 12.3. The Hall–Kier alpha value is 0.230. The predicted molar refractivity (Wildman–Crippen MR) is 65.5 cm³/mol. The molecule has 0 bridgehead atoms. The van der Waals surface area contributed by atoms with E-state index in [2.05, 4.69) is 12.6 Å². The van der Waals surface area contributed by atoms with Gasteiger partial charge in [0, 0.05) is 6.61 Å². The van der Waals surface area contributed by atoms with Gasteiger partial charge in [-0.05, 0) is 18.6 Å². The highest BCUT2D eigenvalue weighted by molar-refractivity contribution is 7.80. The Labute approximate surface area is 98.2 Å². The molecule has 0 fully saturated rings. The molecule has 0 saturated carbocycles. The maximum absolute atomic E-state index is 8.98. The predicted octanol–water partition coefficient (Wildman–Crippen LogP) is 1.63. The van der Waals surface area contributed by atoms with Gasteiger partial charge < -0.3 is 14.9 Å². The Balaban J connectivity index is 2.92. The van der Waals surface area contributed by atoms with Gasteiger partial charge in [0.2, 0.25) is 0 Å². The van der Waals surface area contributed by atoms with Crippen LogP contribution in [0.4, 0.5) is 0 Å². The molecular weight excluding hydrogens is 212 g/mol.